The van der Waals surface area contributed by atoms with Crippen LogP contribution in [0.25, 0.3) is 0 Å². The van der Waals surface area contributed by atoms with Crippen molar-refractivity contribution in [3.63, 3.8) is 0 Å². The van der Waals surface area contributed by atoms with E-state index in [4.69, 9.17) is 4.74 Å². The smallest absolute Gasteiger partial charge is 0.402 e. The van der Waals surface area contributed by atoms with Crippen LogP contribution in [-0.4, -0.2) is 12.1 Å². The Kier molecular flexibility index (Phi) is 4.54. The third-order valence-corrected chi connectivity index (χ3v) is 2.22. The molecule has 0 fully saturated rings. The molecule has 0 spiro atoms. The Hall–Kier alpha value is -1.52. The van der Waals surface area contributed by atoms with E-state index in [1.165, 1.54) is 12.1 Å². The molecule has 1 aromatic rings. The lowest BCUT2D eigenvalue weighted by atomic mass is 10.0. The van der Waals surface area contributed by atoms with Crippen molar-refractivity contribution in [3.8, 4) is 5.75 Å². The normalized spacial score (nSPS) is 13.2. The Labute approximate surface area is 97.4 Å². The van der Waals surface area contributed by atoms with Gasteiger partial charge in [0.1, 0.15) is 5.75 Å². The summed E-state index contributed by atoms with van der Waals surface area (Å²) in [4.78, 5) is 11.4. The monoisotopic (exact) mass is 246 g/mol. The molecule has 0 saturated carbocycles. The van der Waals surface area contributed by atoms with Gasteiger partial charge in [-0.1, -0.05) is 31.5 Å². The fraction of sp³-hybridized carbons (Fsp3) is 0.417. The molecule has 0 saturated heterocycles. The molecule has 0 aliphatic heterocycles. The topological polar surface area (TPSA) is 26.3 Å². The SMILES string of the molecule is CCCC(C(=O)Oc1ccccc1)C(F)(F)F. The fourth-order valence-electron chi connectivity index (χ4n) is 1.38. The lowest BCUT2D eigenvalue weighted by molar-refractivity contribution is -0.192. The Morgan fingerprint density at radius 1 is 1.29 bits per heavy atom. The summed E-state index contributed by atoms with van der Waals surface area (Å²) in [7, 11) is 0. The van der Waals surface area contributed by atoms with E-state index in [0.29, 0.717) is 0 Å². The van der Waals surface area contributed by atoms with Crippen molar-refractivity contribution >= 4 is 5.97 Å². The number of benzene rings is 1. The molecule has 0 bridgehead atoms. The molecule has 0 amide bonds. The molecule has 0 aromatic heterocycles. The molecule has 0 N–H and O–H groups in total. The van der Waals surface area contributed by atoms with E-state index >= 15 is 0 Å². The maximum absolute atomic E-state index is 12.6. The average molecular weight is 246 g/mol. The van der Waals surface area contributed by atoms with Gasteiger partial charge in [-0.15, -0.1) is 0 Å². The van der Waals surface area contributed by atoms with Gasteiger partial charge < -0.3 is 4.74 Å². The number of ether oxygens (including phenoxy) is 1. The average Bonchev–Trinajstić information content (AvgIpc) is 2.25. The molecule has 1 unspecified atom stereocenters. The number of halogens is 3. The van der Waals surface area contributed by atoms with Crippen molar-refractivity contribution in [3.05, 3.63) is 30.3 Å². The van der Waals surface area contributed by atoms with Gasteiger partial charge >= 0.3 is 12.1 Å². The third-order valence-electron chi connectivity index (χ3n) is 2.22. The van der Waals surface area contributed by atoms with Crippen LogP contribution in [-0.2, 0) is 4.79 Å². The van der Waals surface area contributed by atoms with Gasteiger partial charge in [0.15, 0.2) is 5.92 Å². The third kappa shape index (κ3) is 4.09. The van der Waals surface area contributed by atoms with Crippen molar-refractivity contribution in [2.24, 2.45) is 5.92 Å². The van der Waals surface area contributed by atoms with Crippen molar-refractivity contribution in [2.45, 2.75) is 25.9 Å². The molecule has 0 heterocycles. The van der Waals surface area contributed by atoms with Crippen LogP contribution in [0.3, 0.4) is 0 Å². The number of carbonyl (C=O) groups excluding carboxylic acids is 1. The molecule has 0 aliphatic carbocycles. The second kappa shape index (κ2) is 5.70. The highest BCUT2D eigenvalue weighted by atomic mass is 19.4. The van der Waals surface area contributed by atoms with E-state index in [1.807, 2.05) is 0 Å². The van der Waals surface area contributed by atoms with Crippen LogP contribution in [0.4, 0.5) is 13.2 Å². The van der Waals surface area contributed by atoms with Crippen LogP contribution in [0.2, 0.25) is 0 Å². The van der Waals surface area contributed by atoms with Gasteiger partial charge in [-0.05, 0) is 18.6 Å². The molecular weight excluding hydrogens is 233 g/mol. The van der Waals surface area contributed by atoms with Gasteiger partial charge in [0.05, 0.1) is 0 Å². The number of para-hydroxylation sites is 1. The molecule has 94 valence electrons. The van der Waals surface area contributed by atoms with E-state index < -0.39 is 18.1 Å². The first-order valence-electron chi connectivity index (χ1n) is 5.28. The summed E-state index contributed by atoms with van der Waals surface area (Å²) in [5.74, 6) is -3.17. The molecule has 5 heteroatoms. The van der Waals surface area contributed by atoms with Gasteiger partial charge in [0.25, 0.3) is 0 Å². The van der Waals surface area contributed by atoms with Gasteiger partial charge in [0.2, 0.25) is 0 Å². The van der Waals surface area contributed by atoms with Gasteiger partial charge in [-0.25, -0.2) is 0 Å². The zero-order chi connectivity index (χ0) is 12.9. The second-order valence-electron chi connectivity index (χ2n) is 3.62. The van der Waals surface area contributed by atoms with E-state index in [0.717, 1.165) is 0 Å². The summed E-state index contributed by atoms with van der Waals surface area (Å²) >= 11 is 0. The molecule has 1 rings (SSSR count). The van der Waals surface area contributed by atoms with E-state index in [1.54, 1.807) is 25.1 Å². The predicted octanol–water partition coefficient (Wildman–Crippen LogP) is 3.57. The Balaban J connectivity index is 2.73. The van der Waals surface area contributed by atoms with Crippen LogP contribution in [0, 0.1) is 5.92 Å². The van der Waals surface area contributed by atoms with Crippen molar-refractivity contribution in [2.75, 3.05) is 0 Å². The number of rotatable bonds is 4. The Bertz CT molecular complexity index is 360. The predicted molar refractivity (Wildman–Crippen MR) is 56.5 cm³/mol. The van der Waals surface area contributed by atoms with Gasteiger partial charge in [-0.2, -0.15) is 13.2 Å². The summed E-state index contributed by atoms with van der Waals surface area (Å²) in [6, 6.07) is 7.75. The summed E-state index contributed by atoms with van der Waals surface area (Å²) in [5, 5.41) is 0. The lowest BCUT2D eigenvalue weighted by Gasteiger charge is -2.17. The largest absolute Gasteiger partial charge is 0.426 e. The second-order valence-corrected chi connectivity index (χ2v) is 3.62. The van der Waals surface area contributed by atoms with Gasteiger partial charge in [0, 0.05) is 0 Å². The summed E-state index contributed by atoms with van der Waals surface area (Å²) in [6.45, 7) is 1.59. The highest BCUT2D eigenvalue weighted by molar-refractivity contribution is 5.75. The maximum Gasteiger partial charge on any atom is 0.402 e. The fourth-order valence-corrected chi connectivity index (χ4v) is 1.38. The van der Waals surface area contributed by atoms with Crippen LogP contribution >= 0.6 is 0 Å². The summed E-state index contributed by atoms with van der Waals surface area (Å²) < 4.78 is 42.4. The number of alkyl halides is 3. The minimum atomic E-state index is -4.55. The molecule has 0 radical (unpaired) electrons. The van der Waals surface area contributed by atoms with Crippen LogP contribution in [0.15, 0.2) is 30.3 Å². The number of carbonyl (C=O) groups is 1. The van der Waals surface area contributed by atoms with Crippen LogP contribution in [0.1, 0.15) is 19.8 Å². The minimum absolute atomic E-state index is 0.128. The summed E-state index contributed by atoms with van der Waals surface area (Å²) in [6.07, 6.45) is -4.54. The van der Waals surface area contributed by atoms with Crippen molar-refractivity contribution in [1.82, 2.24) is 0 Å². The first kappa shape index (κ1) is 13.5. The number of hydrogen-bond acceptors (Lipinski definition) is 2. The van der Waals surface area contributed by atoms with Crippen LogP contribution < -0.4 is 4.74 Å². The molecular formula is C12H13F3O2. The Morgan fingerprint density at radius 3 is 2.35 bits per heavy atom. The molecule has 0 aliphatic rings. The number of hydrogen-bond donors (Lipinski definition) is 0. The highest BCUT2D eigenvalue weighted by Gasteiger charge is 2.45. The van der Waals surface area contributed by atoms with E-state index in [2.05, 4.69) is 0 Å². The molecule has 1 aromatic carbocycles. The van der Waals surface area contributed by atoms with Crippen molar-refractivity contribution < 1.29 is 22.7 Å². The standard InChI is InChI=1S/C12H13F3O2/c1-2-6-10(12(13,14)15)11(16)17-9-7-4-3-5-8-9/h3-5,7-8,10H,2,6H2,1H3. The minimum Gasteiger partial charge on any atom is -0.426 e. The van der Waals surface area contributed by atoms with Crippen LogP contribution in [0.5, 0.6) is 5.75 Å². The zero-order valence-corrected chi connectivity index (χ0v) is 9.33. The lowest BCUT2D eigenvalue weighted by Crippen LogP contribution is -2.33. The maximum atomic E-state index is 12.6. The van der Waals surface area contributed by atoms with E-state index in [9.17, 15) is 18.0 Å². The molecule has 2 nitrogen and oxygen atoms in total. The first-order valence-corrected chi connectivity index (χ1v) is 5.28. The quantitative estimate of drug-likeness (QED) is 0.599. The first-order chi connectivity index (χ1) is 7.95. The number of esters is 1. The molecule has 1 atom stereocenters. The Morgan fingerprint density at radius 2 is 1.88 bits per heavy atom. The van der Waals surface area contributed by atoms with E-state index in [-0.39, 0.29) is 18.6 Å². The summed E-state index contributed by atoms with van der Waals surface area (Å²) in [5.41, 5.74) is 0. The zero-order valence-electron chi connectivity index (χ0n) is 9.33. The van der Waals surface area contributed by atoms with Gasteiger partial charge in [-0.3, -0.25) is 4.79 Å². The molecule has 17 heavy (non-hydrogen) atoms. The van der Waals surface area contributed by atoms with Crippen molar-refractivity contribution in [1.29, 1.82) is 0 Å². The highest BCUT2D eigenvalue weighted by Crippen LogP contribution is 2.31.